The molecule has 3 aromatic rings. The molecule has 1 heterocycles. The number of carbonyl (C=O) groups is 1. The van der Waals surface area contributed by atoms with E-state index in [0.29, 0.717) is 5.89 Å². The summed E-state index contributed by atoms with van der Waals surface area (Å²) < 4.78 is 5.60. The van der Waals surface area contributed by atoms with Crippen LogP contribution in [0.3, 0.4) is 0 Å². The van der Waals surface area contributed by atoms with Crippen molar-refractivity contribution in [1.82, 2.24) is 4.98 Å². The third-order valence-electron chi connectivity index (χ3n) is 2.67. The van der Waals surface area contributed by atoms with Gasteiger partial charge in [-0.1, -0.05) is 12.1 Å². The van der Waals surface area contributed by atoms with Crippen LogP contribution in [0.5, 0.6) is 0 Å². The molecule has 0 bridgehead atoms. The minimum absolute atomic E-state index is 0. The Bertz CT molecular complexity index is 688. The van der Waals surface area contributed by atoms with Crippen LogP contribution in [0.2, 0.25) is 0 Å². The van der Waals surface area contributed by atoms with Crippen molar-refractivity contribution in [1.29, 1.82) is 0 Å². The molecule has 2 N–H and O–H groups in total. The van der Waals surface area contributed by atoms with Crippen molar-refractivity contribution in [2.24, 2.45) is 0 Å². The number of hydrogen-bond acceptors (Lipinski definition) is 4. The van der Waals surface area contributed by atoms with Gasteiger partial charge in [-0.15, -0.1) is 0 Å². The summed E-state index contributed by atoms with van der Waals surface area (Å²) in [6, 6.07) is 13.9. The molecule has 0 fully saturated rings. The monoisotopic (exact) mass is 263 g/mol. The van der Waals surface area contributed by atoms with E-state index in [1.165, 1.54) is 12.1 Å². The number of aromatic nitrogens is 1. The van der Waals surface area contributed by atoms with E-state index >= 15 is 0 Å². The Labute approximate surface area is 126 Å². The Morgan fingerprint density at radius 2 is 1.70 bits per heavy atom. The van der Waals surface area contributed by atoms with Crippen LogP contribution < -0.4 is 18.9 Å². The maximum Gasteiger partial charge on any atom is 1.00 e. The van der Waals surface area contributed by atoms with E-state index in [4.69, 9.17) is 9.52 Å². The molecule has 0 aliphatic rings. The molecule has 0 aliphatic heterocycles. The largest absolute Gasteiger partial charge is 1.00 e. The topological polar surface area (TPSA) is 93.3 Å². The molecule has 0 aliphatic carbocycles. The summed E-state index contributed by atoms with van der Waals surface area (Å²) in [4.78, 5) is 15.1. The molecule has 3 rings (SSSR count). The van der Waals surface area contributed by atoms with Crippen LogP contribution in [0.15, 0.2) is 52.9 Å². The number of hydrogen-bond donors (Lipinski definition) is 1. The molecule has 5 nitrogen and oxygen atoms in total. The molecule has 0 saturated carbocycles. The zero-order valence-electron chi connectivity index (χ0n) is 10.8. The number of benzene rings is 2. The summed E-state index contributed by atoms with van der Waals surface area (Å²) in [5.74, 6) is -0.452. The molecular formula is C14H10LiNO4. The Balaban J connectivity index is 0.000001000. The van der Waals surface area contributed by atoms with Gasteiger partial charge in [-0.25, -0.2) is 9.78 Å². The van der Waals surface area contributed by atoms with Gasteiger partial charge in [0.15, 0.2) is 5.58 Å². The van der Waals surface area contributed by atoms with Gasteiger partial charge in [-0.05, 0) is 36.4 Å². The summed E-state index contributed by atoms with van der Waals surface area (Å²) >= 11 is 0. The molecule has 20 heavy (non-hydrogen) atoms. The van der Waals surface area contributed by atoms with Crippen molar-refractivity contribution in [2.75, 3.05) is 0 Å². The number of oxazole rings is 1. The van der Waals surface area contributed by atoms with Gasteiger partial charge < -0.3 is 15.0 Å². The van der Waals surface area contributed by atoms with Crippen molar-refractivity contribution in [2.45, 2.75) is 0 Å². The van der Waals surface area contributed by atoms with Crippen molar-refractivity contribution in [3.05, 3.63) is 54.1 Å². The van der Waals surface area contributed by atoms with E-state index in [1.807, 2.05) is 24.3 Å². The fraction of sp³-hybridized carbons (Fsp3) is 0. The van der Waals surface area contributed by atoms with Gasteiger partial charge in [0.1, 0.15) is 5.52 Å². The number of carboxylic acid groups (broad SMARTS) is 1. The van der Waals surface area contributed by atoms with Crippen molar-refractivity contribution < 1.29 is 38.7 Å². The fourth-order valence-corrected chi connectivity index (χ4v) is 1.75. The summed E-state index contributed by atoms with van der Waals surface area (Å²) in [5, 5.41) is 8.82. The van der Waals surface area contributed by atoms with Crippen LogP contribution in [0.25, 0.3) is 22.6 Å². The molecule has 0 atom stereocenters. The number of aromatic carboxylic acids is 1. The second kappa shape index (κ2) is 6.39. The Morgan fingerprint density at radius 3 is 2.30 bits per heavy atom. The third kappa shape index (κ3) is 2.91. The molecule has 1 aromatic heterocycles. The van der Waals surface area contributed by atoms with Crippen LogP contribution in [0, 0.1) is 0 Å². The van der Waals surface area contributed by atoms with Gasteiger partial charge in [-0.3, -0.25) is 0 Å². The first-order chi connectivity index (χ1) is 8.74. The third-order valence-corrected chi connectivity index (χ3v) is 2.67. The molecule has 0 spiro atoms. The van der Waals surface area contributed by atoms with Crippen molar-refractivity contribution in [3.8, 4) is 11.5 Å². The van der Waals surface area contributed by atoms with E-state index in [-0.39, 0.29) is 29.9 Å². The van der Waals surface area contributed by atoms with E-state index in [1.54, 1.807) is 12.1 Å². The first kappa shape index (κ1) is 16.0. The normalized spacial score (nSPS) is 9.60. The number of para-hydroxylation sites is 2. The summed E-state index contributed by atoms with van der Waals surface area (Å²) in [6.07, 6.45) is 0. The average Bonchev–Trinajstić information content (AvgIpc) is 2.82. The number of rotatable bonds is 2. The van der Waals surface area contributed by atoms with Gasteiger partial charge in [0.05, 0.1) is 5.56 Å². The van der Waals surface area contributed by atoms with E-state index in [2.05, 4.69) is 4.98 Å². The van der Waals surface area contributed by atoms with Crippen molar-refractivity contribution in [3.63, 3.8) is 0 Å². The predicted octanol–water partition coefficient (Wildman–Crippen LogP) is 0.0202. The Morgan fingerprint density at radius 1 is 1.05 bits per heavy atom. The van der Waals surface area contributed by atoms with Crippen LogP contribution >= 0.6 is 0 Å². The standard InChI is InChI=1S/C14H9NO3.Li.H2O/c16-14(17)10-7-5-9(6-8-10)13-15-11-3-1-2-4-12(11)18-13;;/h1-8H,(H,16,17);;1H2/q;+1;/p-1. The molecule has 0 amide bonds. The number of carboxylic acids is 1. The second-order valence-electron chi connectivity index (χ2n) is 3.87. The van der Waals surface area contributed by atoms with E-state index in [9.17, 15) is 4.79 Å². The SMILES string of the molecule is O=C(O)c1ccc(-c2nc3ccccc3o2)cc1.[Li+].[OH-]. The molecule has 96 valence electrons. The Kier molecular flexibility index (Phi) is 5.11. The first-order valence-electron chi connectivity index (χ1n) is 5.43. The van der Waals surface area contributed by atoms with Gasteiger partial charge >= 0.3 is 24.8 Å². The molecule has 6 heteroatoms. The smallest absolute Gasteiger partial charge is 0.870 e. The van der Waals surface area contributed by atoms with Crippen LogP contribution in [0.4, 0.5) is 0 Å². The maximum atomic E-state index is 10.8. The average molecular weight is 263 g/mol. The van der Waals surface area contributed by atoms with Crippen LogP contribution in [-0.4, -0.2) is 21.5 Å². The molecule has 2 aromatic carbocycles. The van der Waals surface area contributed by atoms with Gasteiger partial charge in [0.2, 0.25) is 5.89 Å². The minimum Gasteiger partial charge on any atom is -0.870 e. The van der Waals surface area contributed by atoms with Crippen molar-refractivity contribution >= 4 is 17.1 Å². The minimum atomic E-state index is -0.945. The fourth-order valence-electron chi connectivity index (χ4n) is 1.75. The summed E-state index contributed by atoms with van der Waals surface area (Å²) in [5.41, 5.74) is 2.51. The molecular weight excluding hydrogens is 253 g/mol. The Hall–Kier alpha value is -2.06. The van der Waals surface area contributed by atoms with Crippen LogP contribution in [-0.2, 0) is 0 Å². The first-order valence-corrected chi connectivity index (χ1v) is 5.43. The number of fused-ring (bicyclic) bond motifs is 1. The van der Waals surface area contributed by atoms with Gasteiger partial charge in [-0.2, -0.15) is 0 Å². The summed E-state index contributed by atoms with van der Waals surface area (Å²) in [6.45, 7) is 0. The zero-order valence-corrected chi connectivity index (χ0v) is 10.8. The molecule has 0 saturated heterocycles. The molecule has 0 radical (unpaired) electrons. The quantitative estimate of drug-likeness (QED) is 0.658. The number of nitrogens with zero attached hydrogens (tertiary/aromatic N) is 1. The maximum absolute atomic E-state index is 10.8. The van der Waals surface area contributed by atoms with E-state index in [0.717, 1.165) is 16.7 Å². The summed E-state index contributed by atoms with van der Waals surface area (Å²) in [7, 11) is 0. The van der Waals surface area contributed by atoms with E-state index < -0.39 is 5.97 Å². The van der Waals surface area contributed by atoms with Gasteiger partial charge in [0, 0.05) is 5.56 Å². The predicted molar refractivity (Wildman–Crippen MR) is 68.3 cm³/mol. The molecule has 0 unspecified atom stereocenters. The second-order valence-corrected chi connectivity index (χ2v) is 3.87. The van der Waals surface area contributed by atoms with Gasteiger partial charge in [0.25, 0.3) is 0 Å². The zero-order chi connectivity index (χ0) is 12.5. The van der Waals surface area contributed by atoms with Crippen LogP contribution in [0.1, 0.15) is 10.4 Å².